The second-order valence-electron chi connectivity index (χ2n) is 9.89. The van der Waals surface area contributed by atoms with Crippen molar-refractivity contribution in [3.05, 3.63) is 95.5 Å². The van der Waals surface area contributed by atoms with Crippen LogP contribution in [0.4, 0.5) is 4.39 Å². The molecule has 1 aliphatic heterocycles. The van der Waals surface area contributed by atoms with Crippen molar-refractivity contribution in [3.8, 4) is 5.75 Å². The van der Waals surface area contributed by atoms with Gasteiger partial charge in [0.15, 0.2) is 5.78 Å². The molecule has 0 fully saturated rings. The number of aliphatic carboxylic acids is 2. The fourth-order valence-corrected chi connectivity index (χ4v) is 4.79. The van der Waals surface area contributed by atoms with E-state index in [1.165, 1.54) is 17.3 Å². The Morgan fingerprint density at radius 1 is 1.05 bits per heavy atom. The molecule has 3 heterocycles. The largest absolute Gasteiger partial charge is 0.494 e. The van der Waals surface area contributed by atoms with Gasteiger partial charge in [-0.05, 0) is 73.8 Å². The lowest BCUT2D eigenvalue weighted by atomic mass is 10.0. The van der Waals surface area contributed by atoms with E-state index >= 15 is 0 Å². The van der Waals surface area contributed by atoms with Gasteiger partial charge in [0, 0.05) is 72.1 Å². The highest BCUT2D eigenvalue weighted by Crippen LogP contribution is 2.28. The van der Waals surface area contributed by atoms with Gasteiger partial charge in [-0.1, -0.05) is 0 Å². The number of benzene rings is 2. The number of rotatable bonds is 12. The highest BCUT2D eigenvalue weighted by molar-refractivity contribution is 5.96. The minimum atomic E-state index is -1.26. The Bertz CT molecular complexity index is 1510. The maximum absolute atomic E-state index is 13.7. The number of aromatic nitrogens is 3. The van der Waals surface area contributed by atoms with E-state index in [0.29, 0.717) is 25.2 Å². The molecule has 0 unspecified atom stereocenters. The predicted molar refractivity (Wildman–Crippen MR) is 154 cm³/mol. The summed E-state index contributed by atoms with van der Waals surface area (Å²) in [5.74, 6) is -1.79. The number of hydrogen-bond donors (Lipinski definition) is 4. The number of carbonyl (C=O) groups is 3. The number of carboxylic acid groups (broad SMARTS) is 2. The van der Waals surface area contributed by atoms with E-state index < -0.39 is 11.9 Å². The number of carboxylic acids is 2. The molecule has 4 aromatic rings. The van der Waals surface area contributed by atoms with Crippen molar-refractivity contribution in [1.29, 1.82) is 0 Å². The van der Waals surface area contributed by atoms with E-state index in [-0.39, 0.29) is 11.6 Å². The van der Waals surface area contributed by atoms with E-state index in [0.717, 1.165) is 73.2 Å². The van der Waals surface area contributed by atoms with Gasteiger partial charge in [-0.15, -0.1) is 0 Å². The molecular formula is C31H33FN4O6. The average Bonchev–Trinajstić information content (AvgIpc) is 3.62. The molecule has 4 N–H and O–H groups in total. The molecule has 0 saturated carbocycles. The Morgan fingerprint density at radius 3 is 2.50 bits per heavy atom. The molecule has 0 amide bonds. The first-order chi connectivity index (χ1) is 20.3. The minimum absolute atomic E-state index is 0.151. The fraction of sp³-hybridized carbons (Fsp3) is 0.290. The van der Waals surface area contributed by atoms with Gasteiger partial charge >= 0.3 is 11.9 Å². The molecule has 0 bridgehead atoms. The minimum Gasteiger partial charge on any atom is -0.494 e. The lowest BCUT2D eigenvalue weighted by Crippen LogP contribution is -2.31. The number of imidazole rings is 1. The number of Topliss-reactive ketones (excluding diaryl/α,β-unsaturated/α-hetero) is 1. The summed E-state index contributed by atoms with van der Waals surface area (Å²) < 4.78 is 19.5. The number of aromatic amines is 2. The van der Waals surface area contributed by atoms with Gasteiger partial charge in [-0.25, -0.2) is 19.0 Å². The molecule has 5 rings (SSSR count). The van der Waals surface area contributed by atoms with Crippen molar-refractivity contribution in [2.24, 2.45) is 0 Å². The molecule has 2 aromatic carbocycles. The van der Waals surface area contributed by atoms with Crippen LogP contribution in [-0.2, 0) is 29.0 Å². The molecule has 0 spiro atoms. The summed E-state index contributed by atoms with van der Waals surface area (Å²) in [6.45, 7) is 3.21. The van der Waals surface area contributed by atoms with Crippen molar-refractivity contribution in [2.45, 2.75) is 38.6 Å². The maximum Gasteiger partial charge on any atom is 0.328 e. The number of hydrogen-bond acceptors (Lipinski definition) is 6. The van der Waals surface area contributed by atoms with Gasteiger partial charge in [0.2, 0.25) is 0 Å². The van der Waals surface area contributed by atoms with Crippen LogP contribution in [0, 0.1) is 5.82 Å². The number of halogens is 1. The number of carbonyl (C=O) groups excluding carboxylic acids is 1. The fourth-order valence-electron chi connectivity index (χ4n) is 4.79. The van der Waals surface area contributed by atoms with Crippen LogP contribution in [0.1, 0.15) is 46.6 Å². The summed E-state index contributed by atoms with van der Waals surface area (Å²) in [5.41, 5.74) is 5.21. The SMILES string of the molecule is O=C(CCCN1CCc2[nH]c3ccc(F)cc3c2C1)c1ccc(OCCCc2cnc[nH]2)cc1.O=C(O)/C=C\C(=O)O. The van der Waals surface area contributed by atoms with Gasteiger partial charge in [0.05, 0.1) is 12.9 Å². The Kier molecular flexibility index (Phi) is 10.6. The molecule has 0 atom stereocenters. The van der Waals surface area contributed by atoms with Crippen LogP contribution in [0.15, 0.2) is 67.1 Å². The van der Waals surface area contributed by atoms with Crippen LogP contribution in [0.3, 0.4) is 0 Å². The second-order valence-corrected chi connectivity index (χ2v) is 9.89. The highest BCUT2D eigenvalue weighted by atomic mass is 19.1. The second kappa shape index (κ2) is 14.7. The summed E-state index contributed by atoms with van der Waals surface area (Å²) in [7, 11) is 0. The van der Waals surface area contributed by atoms with Gasteiger partial charge in [-0.3, -0.25) is 9.69 Å². The van der Waals surface area contributed by atoms with Crippen molar-refractivity contribution in [2.75, 3.05) is 19.7 Å². The Morgan fingerprint density at radius 2 is 1.81 bits per heavy atom. The number of ketones is 1. The number of nitrogens with zero attached hydrogens (tertiary/aromatic N) is 2. The van der Waals surface area contributed by atoms with Crippen LogP contribution in [0.25, 0.3) is 10.9 Å². The molecule has 0 aliphatic carbocycles. The summed E-state index contributed by atoms with van der Waals surface area (Å²) in [6.07, 6.45) is 8.65. The highest BCUT2D eigenvalue weighted by Gasteiger charge is 2.21. The maximum atomic E-state index is 13.7. The first kappa shape index (κ1) is 30.2. The molecule has 220 valence electrons. The third kappa shape index (κ3) is 8.87. The zero-order valence-electron chi connectivity index (χ0n) is 23.0. The van der Waals surface area contributed by atoms with E-state index in [2.05, 4.69) is 19.9 Å². The quantitative estimate of drug-likeness (QED) is 0.107. The first-order valence-electron chi connectivity index (χ1n) is 13.7. The molecule has 2 aromatic heterocycles. The third-order valence-electron chi connectivity index (χ3n) is 6.85. The van der Waals surface area contributed by atoms with Crippen LogP contribution >= 0.6 is 0 Å². The molecular weight excluding hydrogens is 543 g/mol. The van der Waals surface area contributed by atoms with E-state index in [9.17, 15) is 18.8 Å². The first-order valence-corrected chi connectivity index (χ1v) is 13.7. The van der Waals surface area contributed by atoms with E-state index in [4.69, 9.17) is 14.9 Å². The monoisotopic (exact) mass is 576 g/mol. The summed E-state index contributed by atoms with van der Waals surface area (Å²) in [6, 6.07) is 12.3. The summed E-state index contributed by atoms with van der Waals surface area (Å²) >= 11 is 0. The number of ether oxygens (including phenoxy) is 1. The number of nitrogens with one attached hydrogen (secondary N) is 2. The smallest absolute Gasteiger partial charge is 0.328 e. The normalized spacial score (nSPS) is 13.0. The standard InChI is InChI=1S/C27H29FN4O2.C4H4O4/c28-20-7-10-25-23(15-20)24-17-32(13-11-26(24)31-25)12-1-4-27(33)19-5-8-22(9-6-19)34-14-2-3-21-16-29-18-30-21;5-3(6)1-2-4(7)8/h5-10,15-16,18,31H,1-4,11-14,17H2,(H,29,30);1-2H,(H,5,6)(H,7,8)/b;2-1-. The van der Waals surface area contributed by atoms with E-state index in [1.54, 1.807) is 12.4 Å². The lowest BCUT2D eigenvalue weighted by Gasteiger charge is -2.27. The third-order valence-corrected chi connectivity index (χ3v) is 6.85. The van der Waals surface area contributed by atoms with Gasteiger partial charge in [0.25, 0.3) is 0 Å². The van der Waals surface area contributed by atoms with Crippen LogP contribution in [-0.4, -0.2) is 67.5 Å². The zero-order valence-corrected chi connectivity index (χ0v) is 23.0. The number of fused-ring (bicyclic) bond motifs is 3. The molecule has 11 heteroatoms. The summed E-state index contributed by atoms with van der Waals surface area (Å²) in [5, 5.41) is 16.6. The van der Waals surface area contributed by atoms with Gasteiger partial charge < -0.3 is 24.9 Å². The van der Waals surface area contributed by atoms with Crippen LogP contribution in [0.5, 0.6) is 5.75 Å². The van der Waals surface area contributed by atoms with Crippen LogP contribution < -0.4 is 4.74 Å². The van der Waals surface area contributed by atoms with Gasteiger partial charge in [0.1, 0.15) is 11.6 Å². The topological polar surface area (TPSA) is 149 Å². The molecule has 42 heavy (non-hydrogen) atoms. The zero-order chi connectivity index (χ0) is 29.9. The number of aryl methyl sites for hydroxylation is 1. The van der Waals surface area contributed by atoms with Crippen molar-refractivity contribution in [1.82, 2.24) is 19.9 Å². The van der Waals surface area contributed by atoms with Crippen LogP contribution in [0.2, 0.25) is 0 Å². The van der Waals surface area contributed by atoms with Crippen molar-refractivity contribution in [3.63, 3.8) is 0 Å². The van der Waals surface area contributed by atoms with Crippen molar-refractivity contribution < 1.29 is 33.7 Å². The predicted octanol–water partition coefficient (Wildman–Crippen LogP) is 4.77. The Hall–Kier alpha value is -4.77. The Labute approximate surface area is 241 Å². The summed E-state index contributed by atoms with van der Waals surface area (Å²) in [4.78, 5) is 44.6. The number of H-pyrrole nitrogens is 2. The molecule has 0 radical (unpaired) electrons. The lowest BCUT2D eigenvalue weighted by molar-refractivity contribution is -0.134. The Balaban J connectivity index is 0.000000446. The van der Waals surface area contributed by atoms with Gasteiger partial charge in [-0.2, -0.15) is 0 Å². The average molecular weight is 577 g/mol. The molecule has 0 saturated heterocycles. The molecule has 10 nitrogen and oxygen atoms in total. The van der Waals surface area contributed by atoms with E-state index in [1.807, 2.05) is 36.5 Å². The van der Waals surface area contributed by atoms with Crippen molar-refractivity contribution >= 4 is 28.6 Å². The molecule has 1 aliphatic rings.